The first-order chi connectivity index (χ1) is 23.7. The number of benzene rings is 5. The highest BCUT2D eigenvalue weighted by atomic mass is 35.5. The Hall–Kier alpha value is -5.22. The van der Waals surface area contributed by atoms with E-state index in [-0.39, 0.29) is 11.6 Å². The van der Waals surface area contributed by atoms with E-state index in [1.165, 1.54) is 32.1 Å². The number of thioether (sulfide) groups is 1. The van der Waals surface area contributed by atoms with Gasteiger partial charge in [-0.3, -0.25) is 14.4 Å². The highest BCUT2D eigenvalue weighted by Crippen LogP contribution is 2.38. The molecule has 5 rings (SSSR count). The van der Waals surface area contributed by atoms with Crippen molar-refractivity contribution in [3.8, 4) is 11.5 Å². The van der Waals surface area contributed by atoms with Crippen molar-refractivity contribution in [2.45, 2.75) is 10.1 Å². The predicted molar refractivity (Wildman–Crippen MR) is 197 cm³/mol. The average molecular weight is 713 g/mol. The molecule has 0 fully saturated rings. The molecule has 0 aliphatic carbocycles. The SMILES string of the molecule is COc1cc(NC(=O)C(Sc2cccc(NC(=O)/C(=C\c3c(Cl)cccc3Cl)NC(=O)c3ccccc3)c2)c2ccccc2)cc(OC)c1. The summed E-state index contributed by atoms with van der Waals surface area (Å²) in [5.41, 5.74) is 2.39. The summed E-state index contributed by atoms with van der Waals surface area (Å²) < 4.78 is 10.7. The molecule has 1 atom stereocenters. The zero-order valence-electron chi connectivity index (χ0n) is 26.4. The molecule has 248 valence electrons. The van der Waals surface area contributed by atoms with Crippen molar-refractivity contribution in [3.05, 3.63) is 154 Å². The molecule has 3 N–H and O–H groups in total. The number of nitrogens with one attached hydrogen (secondary N) is 3. The Morgan fingerprint density at radius 1 is 0.694 bits per heavy atom. The fourth-order valence-corrected chi connectivity index (χ4v) is 6.30. The Labute approximate surface area is 298 Å². The smallest absolute Gasteiger partial charge is 0.272 e. The van der Waals surface area contributed by atoms with Crippen molar-refractivity contribution in [2.75, 3.05) is 24.9 Å². The van der Waals surface area contributed by atoms with Crippen LogP contribution in [0.2, 0.25) is 10.0 Å². The zero-order valence-corrected chi connectivity index (χ0v) is 28.7. The maximum atomic E-state index is 13.8. The molecule has 0 radical (unpaired) electrons. The quantitative estimate of drug-likeness (QED) is 0.0882. The normalized spacial score (nSPS) is 11.6. The van der Waals surface area contributed by atoms with Crippen LogP contribution in [-0.4, -0.2) is 31.9 Å². The fraction of sp³-hybridized carbons (Fsp3) is 0.0789. The van der Waals surface area contributed by atoms with Crippen LogP contribution < -0.4 is 25.4 Å². The van der Waals surface area contributed by atoms with Gasteiger partial charge in [0.2, 0.25) is 5.91 Å². The van der Waals surface area contributed by atoms with E-state index in [2.05, 4.69) is 16.0 Å². The summed E-state index contributed by atoms with van der Waals surface area (Å²) in [4.78, 5) is 41.3. The third-order valence-electron chi connectivity index (χ3n) is 7.12. The molecule has 0 aromatic heterocycles. The number of carbonyl (C=O) groups is 3. The lowest BCUT2D eigenvalue weighted by Gasteiger charge is -2.18. The summed E-state index contributed by atoms with van der Waals surface area (Å²) in [6.07, 6.45) is 1.43. The van der Waals surface area contributed by atoms with Crippen molar-refractivity contribution in [3.63, 3.8) is 0 Å². The standard InChI is InChI=1S/C38H31Cl2N3O5S/c1-47-28-19-27(20-29(22-28)48-2)42-38(46)35(24-11-5-3-6-12-24)49-30-16-9-15-26(21-30)41-37(45)34(23-31-32(39)17-10-18-33(31)40)43-36(44)25-13-7-4-8-14-25/h3-23,35H,1-2H3,(H,41,45)(H,42,46)(H,43,44)/b34-23+. The summed E-state index contributed by atoms with van der Waals surface area (Å²) in [6, 6.07) is 35.0. The van der Waals surface area contributed by atoms with Gasteiger partial charge in [-0.1, -0.05) is 83.9 Å². The molecule has 0 aliphatic heterocycles. The predicted octanol–water partition coefficient (Wildman–Crippen LogP) is 8.89. The summed E-state index contributed by atoms with van der Waals surface area (Å²) >= 11 is 14.1. The first kappa shape index (κ1) is 35.1. The number of rotatable bonds is 12. The first-order valence-corrected chi connectivity index (χ1v) is 16.6. The van der Waals surface area contributed by atoms with E-state index < -0.39 is 17.1 Å². The van der Waals surface area contributed by atoms with Gasteiger partial charge in [-0.15, -0.1) is 11.8 Å². The van der Waals surface area contributed by atoms with E-state index in [9.17, 15) is 14.4 Å². The van der Waals surface area contributed by atoms with Crippen molar-refractivity contribution >= 4 is 70.1 Å². The van der Waals surface area contributed by atoms with Gasteiger partial charge in [0.1, 0.15) is 22.4 Å². The molecule has 0 spiro atoms. The minimum Gasteiger partial charge on any atom is -0.497 e. The second-order valence-corrected chi connectivity index (χ2v) is 12.5. The first-order valence-electron chi connectivity index (χ1n) is 14.9. The maximum Gasteiger partial charge on any atom is 0.272 e. The highest BCUT2D eigenvalue weighted by molar-refractivity contribution is 8.00. The molecule has 0 aliphatic rings. The Morgan fingerprint density at radius 2 is 1.31 bits per heavy atom. The lowest BCUT2D eigenvalue weighted by Crippen LogP contribution is -2.30. The van der Waals surface area contributed by atoms with Gasteiger partial charge in [0.05, 0.1) is 14.2 Å². The molecule has 5 aromatic carbocycles. The van der Waals surface area contributed by atoms with E-state index in [0.717, 1.165) is 5.56 Å². The van der Waals surface area contributed by atoms with Gasteiger partial charge in [-0.05, 0) is 54.1 Å². The Morgan fingerprint density at radius 3 is 1.94 bits per heavy atom. The fourth-order valence-electron chi connectivity index (χ4n) is 4.71. The van der Waals surface area contributed by atoms with Gasteiger partial charge >= 0.3 is 0 Å². The lowest BCUT2D eigenvalue weighted by atomic mass is 10.1. The molecule has 11 heteroatoms. The Bertz CT molecular complexity index is 1950. The highest BCUT2D eigenvalue weighted by Gasteiger charge is 2.23. The van der Waals surface area contributed by atoms with Gasteiger partial charge in [-0.25, -0.2) is 0 Å². The summed E-state index contributed by atoms with van der Waals surface area (Å²) in [6.45, 7) is 0. The zero-order chi connectivity index (χ0) is 34.8. The van der Waals surface area contributed by atoms with Crippen LogP contribution in [0.1, 0.15) is 26.7 Å². The number of carbonyl (C=O) groups excluding carboxylic acids is 3. The van der Waals surface area contributed by atoms with Crippen LogP contribution in [0.25, 0.3) is 6.08 Å². The van der Waals surface area contributed by atoms with E-state index >= 15 is 0 Å². The van der Waals surface area contributed by atoms with E-state index in [0.29, 0.717) is 48.9 Å². The van der Waals surface area contributed by atoms with Crippen molar-refractivity contribution in [2.24, 2.45) is 0 Å². The Kier molecular flexibility index (Phi) is 12.0. The molecule has 0 saturated heterocycles. The summed E-state index contributed by atoms with van der Waals surface area (Å²) in [5, 5.41) is 8.49. The summed E-state index contributed by atoms with van der Waals surface area (Å²) in [7, 11) is 3.08. The molecule has 0 bridgehead atoms. The minimum atomic E-state index is -0.660. The summed E-state index contributed by atoms with van der Waals surface area (Å²) in [5.74, 6) is -0.294. The number of ether oxygens (including phenoxy) is 2. The molecule has 1 unspecified atom stereocenters. The molecular formula is C38H31Cl2N3O5S. The van der Waals surface area contributed by atoms with Crippen molar-refractivity contribution < 1.29 is 23.9 Å². The largest absolute Gasteiger partial charge is 0.497 e. The van der Waals surface area contributed by atoms with Gasteiger partial charge < -0.3 is 25.4 Å². The van der Waals surface area contributed by atoms with Gasteiger partial charge in [-0.2, -0.15) is 0 Å². The molecule has 5 aromatic rings. The molecule has 3 amide bonds. The molecular weight excluding hydrogens is 681 g/mol. The van der Waals surface area contributed by atoms with Crippen LogP contribution in [0.4, 0.5) is 11.4 Å². The number of hydrogen-bond donors (Lipinski definition) is 3. The van der Waals surface area contributed by atoms with Crippen LogP contribution in [-0.2, 0) is 9.59 Å². The molecule has 8 nitrogen and oxygen atoms in total. The topological polar surface area (TPSA) is 106 Å². The van der Waals surface area contributed by atoms with Crippen LogP contribution >= 0.6 is 35.0 Å². The van der Waals surface area contributed by atoms with E-state index in [1.54, 1.807) is 84.9 Å². The van der Waals surface area contributed by atoms with Crippen molar-refractivity contribution in [1.29, 1.82) is 0 Å². The number of methoxy groups -OCH3 is 2. The minimum absolute atomic E-state index is 0.0721. The van der Waals surface area contributed by atoms with Gasteiger partial charge in [0, 0.05) is 55.6 Å². The molecule has 0 heterocycles. The second kappa shape index (κ2) is 16.7. The molecule has 49 heavy (non-hydrogen) atoms. The van der Waals surface area contributed by atoms with Gasteiger partial charge in [0.15, 0.2) is 0 Å². The van der Waals surface area contributed by atoms with Gasteiger partial charge in [0.25, 0.3) is 11.8 Å². The maximum absolute atomic E-state index is 13.8. The Balaban J connectivity index is 1.40. The molecule has 0 saturated carbocycles. The number of hydrogen-bond acceptors (Lipinski definition) is 6. The number of amides is 3. The van der Waals surface area contributed by atoms with Crippen LogP contribution in [0.15, 0.2) is 132 Å². The average Bonchev–Trinajstić information content (AvgIpc) is 3.12. The monoisotopic (exact) mass is 711 g/mol. The lowest BCUT2D eigenvalue weighted by molar-refractivity contribution is -0.116. The third-order valence-corrected chi connectivity index (χ3v) is 9.03. The van der Waals surface area contributed by atoms with Crippen LogP contribution in [0, 0.1) is 0 Å². The second-order valence-electron chi connectivity index (χ2n) is 10.5. The third kappa shape index (κ3) is 9.45. The van der Waals surface area contributed by atoms with Crippen molar-refractivity contribution in [1.82, 2.24) is 5.32 Å². The number of anilines is 2. The number of halogens is 2. The van der Waals surface area contributed by atoms with E-state index in [4.69, 9.17) is 32.7 Å². The van der Waals surface area contributed by atoms with Crippen LogP contribution in [0.3, 0.4) is 0 Å². The van der Waals surface area contributed by atoms with E-state index in [1.807, 2.05) is 36.4 Å². The van der Waals surface area contributed by atoms with Crippen LogP contribution in [0.5, 0.6) is 11.5 Å².